The third kappa shape index (κ3) is 3.28. The zero-order valence-corrected chi connectivity index (χ0v) is 13.5. The summed E-state index contributed by atoms with van der Waals surface area (Å²) in [6, 6.07) is 5.91. The lowest BCUT2D eigenvalue weighted by atomic mass is 10.0. The molecule has 0 radical (unpaired) electrons. The molecule has 0 spiro atoms. The topological polar surface area (TPSA) is 73.4 Å². The van der Waals surface area contributed by atoms with E-state index in [0.717, 1.165) is 5.69 Å². The number of nitrogens with two attached hydrogens (primary N) is 1. The Morgan fingerprint density at radius 1 is 1.48 bits per heavy atom. The Morgan fingerprint density at radius 2 is 2.30 bits per heavy atom. The second-order valence-electron chi connectivity index (χ2n) is 5.97. The minimum atomic E-state index is -0.378. The number of carbonyl (C=O) groups excluding carboxylic acids is 1. The van der Waals surface area contributed by atoms with E-state index in [2.05, 4.69) is 35.0 Å². The third-order valence-corrected chi connectivity index (χ3v) is 4.39. The van der Waals surface area contributed by atoms with Gasteiger partial charge in [0.05, 0.1) is 19.0 Å². The molecule has 0 bridgehead atoms. The van der Waals surface area contributed by atoms with E-state index in [4.69, 9.17) is 10.5 Å². The number of hydrogen-bond donors (Lipinski definition) is 1. The highest BCUT2D eigenvalue weighted by Gasteiger charge is 2.33. The number of benzene rings is 1. The molecule has 2 atom stereocenters. The van der Waals surface area contributed by atoms with E-state index in [1.54, 1.807) is 12.5 Å². The summed E-state index contributed by atoms with van der Waals surface area (Å²) in [5.74, 6) is -0.329. The first-order chi connectivity index (χ1) is 11.1. The molecular formula is C17H22N4O2. The monoisotopic (exact) mass is 314 g/mol. The molecule has 6 nitrogen and oxygen atoms in total. The second-order valence-corrected chi connectivity index (χ2v) is 5.97. The second kappa shape index (κ2) is 6.52. The van der Waals surface area contributed by atoms with E-state index in [-0.39, 0.29) is 18.1 Å². The Morgan fingerprint density at radius 3 is 2.96 bits per heavy atom. The molecule has 6 heteroatoms. The van der Waals surface area contributed by atoms with Crippen LogP contribution in [0.25, 0.3) is 5.69 Å². The summed E-state index contributed by atoms with van der Waals surface area (Å²) in [6.07, 6.45) is 5.28. The Bertz CT molecular complexity index is 684. The van der Waals surface area contributed by atoms with E-state index in [1.165, 1.54) is 11.1 Å². The predicted molar refractivity (Wildman–Crippen MR) is 87.1 cm³/mol. The molecule has 1 saturated heterocycles. The van der Waals surface area contributed by atoms with Crippen LogP contribution in [0.3, 0.4) is 0 Å². The zero-order chi connectivity index (χ0) is 16.4. The van der Waals surface area contributed by atoms with Crippen molar-refractivity contribution in [3.05, 3.63) is 48.0 Å². The molecule has 0 unspecified atom stereocenters. The van der Waals surface area contributed by atoms with Crippen molar-refractivity contribution in [2.75, 3.05) is 13.2 Å². The van der Waals surface area contributed by atoms with Crippen molar-refractivity contribution in [2.24, 2.45) is 5.73 Å². The quantitative estimate of drug-likeness (QED) is 0.922. The Labute approximate surface area is 135 Å². The summed E-state index contributed by atoms with van der Waals surface area (Å²) in [6.45, 7) is 6.00. The molecule has 1 aliphatic rings. The summed E-state index contributed by atoms with van der Waals surface area (Å²) >= 11 is 0. The molecule has 2 aromatic rings. The van der Waals surface area contributed by atoms with Crippen LogP contribution in [0.5, 0.6) is 0 Å². The number of imidazole rings is 1. The van der Waals surface area contributed by atoms with Gasteiger partial charge in [0.2, 0.25) is 5.91 Å². The summed E-state index contributed by atoms with van der Waals surface area (Å²) in [5, 5.41) is 0. The summed E-state index contributed by atoms with van der Waals surface area (Å²) in [5.41, 5.74) is 9.00. The number of ether oxygens (including phenoxy) is 1. The van der Waals surface area contributed by atoms with Gasteiger partial charge in [-0.15, -0.1) is 0 Å². The molecule has 0 aliphatic carbocycles. The fraction of sp³-hybridized carbons (Fsp3) is 0.412. The van der Waals surface area contributed by atoms with E-state index in [0.29, 0.717) is 19.7 Å². The van der Waals surface area contributed by atoms with Crippen LogP contribution in [0.2, 0.25) is 0 Å². The lowest BCUT2D eigenvalue weighted by Gasteiger charge is -2.38. The van der Waals surface area contributed by atoms with Crippen LogP contribution in [0, 0.1) is 6.92 Å². The SMILES string of the molecule is Cc1cc(-n2ccnc2)ccc1CN1CCO[C@H](C)[C@H]1C(N)=O. The number of amides is 1. The number of aromatic nitrogens is 2. The molecule has 2 N–H and O–H groups in total. The van der Waals surface area contributed by atoms with Gasteiger partial charge in [-0.3, -0.25) is 9.69 Å². The molecule has 1 fully saturated rings. The Hall–Kier alpha value is -2.18. The standard InChI is InChI=1S/C17H22N4O2/c1-12-9-15(21-6-5-19-11-21)4-3-14(12)10-20-7-8-23-13(2)16(20)17(18)22/h3-6,9,11,13,16H,7-8,10H2,1-2H3,(H2,18,22)/t13-,16+/m1/s1. The fourth-order valence-electron chi connectivity index (χ4n) is 3.12. The van der Waals surface area contributed by atoms with Gasteiger partial charge in [0, 0.05) is 31.2 Å². The van der Waals surface area contributed by atoms with E-state index < -0.39 is 0 Å². The number of aryl methyl sites for hydroxylation is 1. The largest absolute Gasteiger partial charge is 0.375 e. The van der Waals surface area contributed by atoms with Gasteiger partial charge in [0.15, 0.2) is 0 Å². The van der Waals surface area contributed by atoms with Crippen LogP contribution >= 0.6 is 0 Å². The van der Waals surface area contributed by atoms with Crippen LogP contribution in [-0.4, -0.2) is 45.7 Å². The minimum Gasteiger partial charge on any atom is -0.375 e. The van der Waals surface area contributed by atoms with Crippen LogP contribution in [-0.2, 0) is 16.1 Å². The smallest absolute Gasteiger partial charge is 0.237 e. The normalized spacial score (nSPS) is 22.2. The number of morpholine rings is 1. The van der Waals surface area contributed by atoms with Crippen molar-refractivity contribution in [1.29, 1.82) is 0 Å². The van der Waals surface area contributed by atoms with Gasteiger partial charge in [-0.1, -0.05) is 6.07 Å². The van der Waals surface area contributed by atoms with E-state index >= 15 is 0 Å². The maximum absolute atomic E-state index is 11.8. The lowest BCUT2D eigenvalue weighted by Crippen LogP contribution is -2.56. The van der Waals surface area contributed by atoms with Gasteiger partial charge in [-0.25, -0.2) is 4.98 Å². The molecule has 122 valence electrons. The summed E-state index contributed by atoms with van der Waals surface area (Å²) in [4.78, 5) is 17.9. The first-order valence-electron chi connectivity index (χ1n) is 7.79. The van der Waals surface area contributed by atoms with Crippen molar-refractivity contribution in [3.8, 4) is 5.69 Å². The van der Waals surface area contributed by atoms with Gasteiger partial charge in [-0.2, -0.15) is 0 Å². The van der Waals surface area contributed by atoms with Gasteiger partial charge < -0.3 is 15.0 Å². The zero-order valence-electron chi connectivity index (χ0n) is 13.5. The van der Waals surface area contributed by atoms with Crippen LogP contribution < -0.4 is 5.73 Å². The van der Waals surface area contributed by atoms with E-state index in [9.17, 15) is 4.79 Å². The van der Waals surface area contributed by atoms with Crippen LogP contribution in [0.15, 0.2) is 36.9 Å². The third-order valence-electron chi connectivity index (χ3n) is 4.39. The summed E-state index contributed by atoms with van der Waals surface area (Å²) in [7, 11) is 0. The highest BCUT2D eigenvalue weighted by Crippen LogP contribution is 2.21. The van der Waals surface area contributed by atoms with Gasteiger partial charge in [0.1, 0.15) is 6.04 Å². The van der Waals surface area contributed by atoms with Crippen molar-refractivity contribution in [3.63, 3.8) is 0 Å². The molecule has 2 heterocycles. The molecule has 1 aromatic carbocycles. The first-order valence-corrected chi connectivity index (χ1v) is 7.79. The number of nitrogens with zero attached hydrogens (tertiary/aromatic N) is 3. The molecule has 1 aliphatic heterocycles. The van der Waals surface area contributed by atoms with Gasteiger partial charge >= 0.3 is 0 Å². The van der Waals surface area contributed by atoms with Crippen molar-refractivity contribution < 1.29 is 9.53 Å². The molecule has 1 amide bonds. The molecule has 0 saturated carbocycles. The van der Waals surface area contributed by atoms with Crippen molar-refractivity contribution in [1.82, 2.24) is 14.5 Å². The highest BCUT2D eigenvalue weighted by molar-refractivity contribution is 5.80. The lowest BCUT2D eigenvalue weighted by molar-refractivity contribution is -0.136. The van der Waals surface area contributed by atoms with E-state index in [1.807, 2.05) is 17.7 Å². The highest BCUT2D eigenvalue weighted by atomic mass is 16.5. The summed E-state index contributed by atoms with van der Waals surface area (Å²) < 4.78 is 7.54. The van der Waals surface area contributed by atoms with Crippen LogP contribution in [0.4, 0.5) is 0 Å². The fourth-order valence-corrected chi connectivity index (χ4v) is 3.12. The maximum atomic E-state index is 11.8. The Balaban J connectivity index is 1.80. The van der Waals surface area contributed by atoms with Crippen molar-refractivity contribution in [2.45, 2.75) is 32.5 Å². The van der Waals surface area contributed by atoms with Crippen molar-refractivity contribution >= 4 is 5.91 Å². The molecule has 3 rings (SSSR count). The number of hydrogen-bond acceptors (Lipinski definition) is 4. The average Bonchev–Trinajstić information content (AvgIpc) is 3.03. The number of carbonyl (C=O) groups is 1. The number of rotatable bonds is 4. The molecule has 1 aromatic heterocycles. The minimum absolute atomic E-state index is 0.174. The average molecular weight is 314 g/mol. The first kappa shape index (κ1) is 15.7. The van der Waals surface area contributed by atoms with Gasteiger partial charge in [0.25, 0.3) is 0 Å². The molecule has 23 heavy (non-hydrogen) atoms. The van der Waals surface area contributed by atoms with Crippen LogP contribution in [0.1, 0.15) is 18.1 Å². The number of primary amides is 1. The maximum Gasteiger partial charge on any atom is 0.237 e. The Kier molecular flexibility index (Phi) is 4.45. The van der Waals surface area contributed by atoms with Gasteiger partial charge in [-0.05, 0) is 37.1 Å². The predicted octanol–water partition coefficient (Wildman–Crippen LogP) is 1.26. The molecular weight excluding hydrogens is 292 g/mol.